The molecule has 7 heteroatoms. The van der Waals surface area contributed by atoms with Crippen LogP contribution >= 0.6 is 0 Å². The van der Waals surface area contributed by atoms with Gasteiger partial charge >= 0.3 is 7.12 Å². The van der Waals surface area contributed by atoms with Crippen LogP contribution in [0.4, 0.5) is 5.82 Å². The Kier molecular flexibility index (Phi) is 2.56. The number of rotatable bonds is 1. The van der Waals surface area contributed by atoms with Crippen LogP contribution in [0.1, 0.15) is 34.1 Å². The molecule has 1 fully saturated rings. The molecule has 0 radical (unpaired) electrons. The molecule has 3 heterocycles. The SMILES string of the molecule is CC1(C)OB(c2cc3n(n2)CCC(=O)N3)OC1(C)C. The summed E-state index contributed by atoms with van der Waals surface area (Å²) >= 11 is 0. The van der Waals surface area contributed by atoms with Crippen molar-refractivity contribution in [3.8, 4) is 0 Å². The van der Waals surface area contributed by atoms with E-state index in [-0.39, 0.29) is 17.1 Å². The second-order valence-corrected chi connectivity index (χ2v) is 6.06. The average Bonchev–Trinajstić information content (AvgIpc) is 2.78. The quantitative estimate of drug-likeness (QED) is 0.750. The minimum atomic E-state index is -0.486. The number of carbonyl (C=O) groups is 1. The van der Waals surface area contributed by atoms with E-state index < -0.39 is 7.12 Å². The number of carbonyl (C=O) groups excluding carboxylic acids is 1. The van der Waals surface area contributed by atoms with Gasteiger partial charge in [-0.3, -0.25) is 4.79 Å². The van der Waals surface area contributed by atoms with E-state index in [0.29, 0.717) is 24.4 Å². The van der Waals surface area contributed by atoms with Gasteiger partial charge in [0.1, 0.15) is 5.82 Å². The summed E-state index contributed by atoms with van der Waals surface area (Å²) in [5.41, 5.74) is -0.0633. The fourth-order valence-electron chi connectivity index (χ4n) is 2.20. The highest BCUT2D eigenvalue weighted by Crippen LogP contribution is 2.36. The molecular weight excluding hydrogens is 245 g/mol. The van der Waals surface area contributed by atoms with Gasteiger partial charge in [-0.05, 0) is 27.7 Å². The first kappa shape index (κ1) is 12.7. The first-order valence-electron chi connectivity index (χ1n) is 6.52. The van der Waals surface area contributed by atoms with E-state index in [4.69, 9.17) is 9.31 Å². The Hall–Kier alpha value is -1.34. The maximum atomic E-state index is 11.3. The van der Waals surface area contributed by atoms with Crippen LogP contribution in [0.15, 0.2) is 6.07 Å². The van der Waals surface area contributed by atoms with Crippen LogP contribution < -0.4 is 10.9 Å². The second kappa shape index (κ2) is 3.83. The molecule has 0 unspecified atom stereocenters. The molecule has 0 atom stereocenters. The fraction of sp³-hybridized carbons (Fsp3) is 0.667. The second-order valence-electron chi connectivity index (χ2n) is 6.06. The number of nitrogens with zero attached hydrogens (tertiary/aromatic N) is 2. The normalized spacial score (nSPS) is 24.2. The zero-order valence-electron chi connectivity index (χ0n) is 11.7. The van der Waals surface area contributed by atoms with Gasteiger partial charge in [-0.2, -0.15) is 5.10 Å². The third kappa shape index (κ3) is 1.97. The summed E-state index contributed by atoms with van der Waals surface area (Å²) in [5.74, 6) is 0.730. The molecule has 1 N–H and O–H groups in total. The zero-order valence-corrected chi connectivity index (χ0v) is 11.7. The number of hydrogen-bond donors (Lipinski definition) is 1. The molecular formula is C12H18BN3O3. The highest BCUT2D eigenvalue weighted by Gasteiger charge is 2.52. The van der Waals surface area contributed by atoms with Crippen molar-refractivity contribution in [2.45, 2.75) is 51.9 Å². The highest BCUT2D eigenvalue weighted by molar-refractivity contribution is 6.61. The van der Waals surface area contributed by atoms with Gasteiger partial charge in [0, 0.05) is 12.5 Å². The zero-order chi connectivity index (χ0) is 13.8. The summed E-state index contributed by atoms with van der Waals surface area (Å²) in [7, 11) is -0.486. The van der Waals surface area contributed by atoms with Crippen LogP contribution in [-0.2, 0) is 20.6 Å². The molecule has 2 aliphatic heterocycles. The molecule has 19 heavy (non-hydrogen) atoms. The molecule has 3 rings (SSSR count). The maximum Gasteiger partial charge on any atom is 0.516 e. The highest BCUT2D eigenvalue weighted by atomic mass is 16.7. The fourth-order valence-corrected chi connectivity index (χ4v) is 2.20. The van der Waals surface area contributed by atoms with Crippen molar-refractivity contribution in [1.82, 2.24) is 9.78 Å². The topological polar surface area (TPSA) is 65.4 Å². The molecule has 0 saturated carbocycles. The summed E-state index contributed by atoms with van der Waals surface area (Å²) < 4.78 is 13.7. The molecule has 0 spiro atoms. The molecule has 6 nitrogen and oxygen atoms in total. The van der Waals surface area contributed by atoms with Crippen LogP contribution in [-0.4, -0.2) is 34.0 Å². The summed E-state index contributed by atoms with van der Waals surface area (Å²) in [6.45, 7) is 8.62. The Bertz CT molecular complexity index is 522. The monoisotopic (exact) mass is 263 g/mol. The summed E-state index contributed by atoms with van der Waals surface area (Å²) in [4.78, 5) is 11.3. The molecule has 1 aromatic heterocycles. The van der Waals surface area contributed by atoms with Crippen LogP contribution in [0.5, 0.6) is 0 Å². The molecule has 1 aromatic rings. The predicted molar refractivity (Wildman–Crippen MR) is 71.2 cm³/mol. The maximum absolute atomic E-state index is 11.3. The predicted octanol–water partition coefficient (Wildman–Crippen LogP) is 0.524. The third-order valence-electron chi connectivity index (χ3n) is 4.11. The van der Waals surface area contributed by atoms with Crippen LogP contribution in [0, 0.1) is 0 Å². The van der Waals surface area contributed by atoms with E-state index in [1.165, 1.54) is 0 Å². The molecule has 0 aliphatic carbocycles. The summed E-state index contributed by atoms with van der Waals surface area (Å²) in [5, 5.41) is 7.25. The van der Waals surface area contributed by atoms with Gasteiger partial charge in [0.25, 0.3) is 0 Å². The van der Waals surface area contributed by atoms with Gasteiger partial charge in [0.05, 0.1) is 23.3 Å². The van der Waals surface area contributed by atoms with E-state index in [2.05, 4.69) is 10.4 Å². The van der Waals surface area contributed by atoms with Crippen molar-refractivity contribution in [3.05, 3.63) is 6.07 Å². The Morgan fingerprint density at radius 2 is 1.95 bits per heavy atom. The Morgan fingerprint density at radius 3 is 2.58 bits per heavy atom. The number of anilines is 1. The van der Waals surface area contributed by atoms with Crippen molar-refractivity contribution in [2.24, 2.45) is 0 Å². The first-order valence-corrected chi connectivity index (χ1v) is 6.52. The van der Waals surface area contributed by atoms with Gasteiger partial charge in [-0.15, -0.1) is 0 Å². The van der Waals surface area contributed by atoms with Crippen molar-refractivity contribution >= 4 is 24.4 Å². The van der Waals surface area contributed by atoms with Gasteiger partial charge < -0.3 is 14.6 Å². The van der Waals surface area contributed by atoms with Gasteiger partial charge in [-0.1, -0.05) is 0 Å². The average molecular weight is 263 g/mol. The van der Waals surface area contributed by atoms with Gasteiger partial charge in [0.15, 0.2) is 0 Å². The summed E-state index contributed by atoms with van der Waals surface area (Å²) in [6.07, 6.45) is 0.456. The van der Waals surface area contributed by atoms with Gasteiger partial charge in [0.2, 0.25) is 5.91 Å². The van der Waals surface area contributed by atoms with E-state index in [9.17, 15) is 4.79 Å². The van der Waals surface area contributed by atoms with Crippen molar-refractivity contribution in [3.63, 3.8) is 0 Å². The molecule has 0 bridgehead atoms. The Balaban J connectivity index is 1.87. The smallest absolute Gasteiger partial charge is 0.398 e. The lowest BCUT2D eigenvalue weighted by Crippen LogP contribution is -2.41. The minimum absolute atomic E-state index is 0.0212. The lowest BCUT2D eigenvalue weighted by molar-refractivity contribution is -0.116. The Labute approximate surface area is 112 Å². The third-order valence-corrected chi connectivity index (χ3v) is 4.11. The number of nitrogens with one attached hydrogen (secondary N) is 1. The van der Waals surface area contributed by atoms with E-state index in [0.717, 1.165) is 0 Å². The number of aromatic nitrogens is 2. The molecule has 102 valence electrons. The minimum Gasteiger partial charge on any atom is -0.398 e. The molecule has 0 aromatic carbocycles. The van der Waals surface area contributed by atoms with Crippen molar-refractivity contribution in [1.29, 1.82) is 0 Å². The van der Waals surface area contributed by atoms with Crippen LogP contribution in [0.2, 0.25) is 0 Å². The van der Waals surface area contributed by atoms with Gasteiger partial charge in [-0.25, -0.2) is 4.68 Å². The molecule has 1 saturated heterocycles. The number of aryl methyl sites for hydroxylation is 1. The molecule has 1 amide bonds. The largest absolute Gasteiger partial charge is 0.516 e. The van der Waals surface area contributed by atoms with Crippen LogP contribution in [0.25, 0.3) is 0 Å². The van der Waals surface area contributed by atoms with E-state index >= 15 is 0 Å². The standard InChI is InChI=1S/C12H18BN3O3/c1-11(2)12(3,4)19-13(18-11)8-7-9-14-10(17)5-6-16(9)15-8/h7H,5-6H2,1-4H3,(H,14,17). The number of hydrogen-bond acceptors (Lipinski definition) is 4. The van der Waals surface area contributed by atoms with Crippen molar-refractivity contribution < 1.29 is 14.1 Å². The van der Waals surface area contributed by atoms with Crippen LogP contribution in [0.3, 0.4) is 0 Å². The van der Waals surface area contributed by atoms with E-state index in [1.54, 1.807) is 4.68 Å². The summed E-state index contributed by atoms with van der Waals surface area (Å²) in [6, 6.07) is 1.82. The van der Waals surface area contributed by atoms with E-state index in [1.807, 2.05) is 33.8 Å². The Morgan fingerprint density at radius 1 is 1.32 bits per heavy atom. The van der Waals surface area contributed by atoms with Crippen molar-refractivity contribution in [2.75, 3.05) is 5.32 Å². The molecule has 2 aliphatic rings. The number of amides is 1. The lowest BCUT2D eigenvalue weighted by atomic mass is 9.85. The first-order chi connectivity index (χ1) is 8.78. The lowest BCUT2D eigenvalue weighted by Gasteiger charge is -2.32. The number of fused-ring (bicyclic) bond motifs is 1.